The Morgan fingerprint density at radius 1 is 1.61 bits per heavy atom. The van der Waals surface area contributed by atoms with Crippen molar-refractivity contribution in [3.05, 3.63) is 23.9 Å². The Morgan fingerprint density at radius 2 is 2.33 bits per heavy atom. The summed E-state index contributed by atoms with van der Waals surface area (Å²) in [5.41, 5.74) is 6.57. The van der Waals surface area contributed by atoms with E-state index >= 15 is 0 Å². The summed E-state index contributed by atoms with van der Waals surface area (Å²) in [5.74, 6) is 1.28. The Labute approximate surface area is 107 Å². The van der Waals surface area contributed by atoms with Gasteiger partial charge in [0, 0.05) is 38.4 Å². The van der Waals surface area contributed by atoms with Gasteiger partial charge in [0.1, 0.15) is 5.82 Å². The zero-order valence-electron chi connectivity index (χ0n) is 10.9. The molecule has 1 amide bonds. The van der Waals surface area contributed by atoms with Crippen molar-refractivity contribution in [2.75, 3.05) is 25.5 Å². The average Bonchev–Trinajstić information content (AvgIpc) is 3.20. The molecule has 2 rings (SSSR count). The van der Waals surface area contributed by atoms with Crippen LogP contribution in [-0.2, 0) is 0 Å². The van der Waals surface area contributed by atoms with Crippen molar-refractivity contribution in [1.29, 1.82) is 0 Å². The van der Waals surface area contributed by atoms with E-state index in [1.807, 2.05) is 19.0 Å². The van der Waals surface area contributed by atoms with Crippen LogP contribution in [0.2, 0.25) is 0 Å². The van der Waals surface area contributed by atoms with Gasteiger partial charge in [-0.25, -0.2) is 4.98 Å². The highest BCUT2D eigenvalue weighted by Crippen LogP contribution is 2.31. The molecule has 1 saturated carbocycles. The molecule has 1 aliphatic rings. The molecule has 0 aromatic carbocycles. The quantitative estimate of drug-likeness (QED) is 0.801. The van der Waals surface area contributed by atoms with Crippen LogP contribution >= 0.6 is 0 Å². The number of hydrogen-bond acceptors (Lipinski definition) is 4. The van der Waals surface area contributed by atoms with Crippen LogP contribution in [0.3, 0.4) is 0 Å². The topological polar surface area (TPSA) is 71.2 Å². The van der Waals surface area contributed by atoms with Crippen molar-refractivity contribution in [2.24, 2.45) is 11.7 Å². The molecule has 5 nitrogen and oxygen atoms in total. The third-order valence-corrected chi connectivity index (χ3v) is 3.19. The highest BCUT2D eigenvalue weighted by molar-refractivity contribution is 5.94. The van der Waals surface area contributed by atoms with Crippen molar-refractivity contribution in [3.63, 3.8) is 0 Å². The Balaban J connectivity index is 1.93. The summed E-state index contributed by atoms with van der Waals surface area (Å²) in [7, 11) is 3.79. The largest absolute Gasteiger partial charge is 0.363 e. The van der Waals surface area contributed by atoms with E-state index in [-0.39, 0.29) is 11.9 Å². The third-order valence-electron chi connectivity index (χ3n) is 3.19. The van der Waals surface area contributed by atoms with E-state index in [0.29, 0.717) is 18.0 Å². The molecule has 1 unspecified atom stereocenters. The lowest BCUT2D eigenvalue weighted by molar-refractivity contribution is 0.0950. The number of hydrogen-bond donors (Lipinski definition) is 2. The summed E-state index contributed by atoms with van der Waals surface area (Å²) in [6.07, 6.45) is 4.03. The van der Waals surface area contributed by atoms with Crippen LogP contribution in [0, 0.1) is 5.92 Å². The molecule has 1 aromatic rings. The number of carbonyl (C=O) groups excluding carboxylic acids is 1. The smallest absolute Gasteiger partial charge is 0.251 e. The molecular weight excluding hydrogens is 228 g/mol. The molecule has 98 valence electrons. The lowest BCUT2D eigenvalue weighted by Gasteiger charge is -2.14. The zero-order chi connectivity index (χ0) is 13.1. The summed E-state index contributed by atoms with van der Waals surface area (Å²) in [4.78, 5) is 18.0. The first-order valence-electron chi connectivity index (χ1n) is 6.25. The van der Waals surface area contributed by atoms with Crippen molar-refractivity contribution in [2.45, 2.75) is 18.9 Å². The fourth-order valence-corrected chi connectivity index (χ4v) is 1.81. The van der Waals surface area contributed by atoms with Gasteiger partial charge in [0.2, 0.25) is 0 Å². The first kappa shape index (κ1) is 12.8. The van der Waals surface area contributed by atoms with Crippen molar-refractivity contribution < 1.29 is 4.79 Å². The van der Waals surface area contributed by atoms with Gasteiger partial charge in [0.05, 0.1) is 0 Å². The fraction of sp³-hybridized carbons (Fsp3) is 0.538. The second-order valence-electron chi connectivity index (χ2n) is 5.01. The van der Waals surface area contributed by atoms with Gasteiger partial charge in [-0.3, -0.25) is 4.79 Å². The molecule has 18 heavy (non-hydrogen) atoms. The summed E-state index contributed by atoms with van der Waals surface area (Å²) < 4.78 is 0. The van der Waals surface area contributed by atoms with Gasteiger partial charge in [0.15, 0.2) is 0 Å². The van der Waals surface area contributed by atoms with Crippen LogP contribution in [0.4, 0.5) is 5.82 Å². The van der Waals surface area contributed by atoms with Crippen LogP contribution in [0.5, 0.6) is 0 Å². The molecule has 5 heteroatoms. The van der Waals surface area contributed by atoms with E-state index in [1.54, 1.807) is 18.3 Å². The third kappa shape index (κ3) is 3.20. The molecule has 0 spiro atoms. The maximum absolute atomic E-state index is 12.0. The normalized spacial score (nSPS) is 16.2. The molecule has 1 atom stereocenters. The van der Waals surface area contributed by atoms with E-state index in [1.165, 1.54) is 12.8 Å². The second kappa shape index (κ2) is 5.35. The van der Waals surface area contributed by atoms with Gasteiger partial charge in [0.25, 0.3) is 5.91 Å². The predicted molar refractivity (Wildman–Crippen MR) is 71.6 cm³/mol. The molecule has 1 aromatic heterocycles. The highest BCUT2D eigenvalue weighted by atomic mass is 16.1. The van der Waals surface area contributed by atoms with Crippen LogP contribution in [0.25, 0.3) is 0 Å². The Kier molecular flexibility index (Phi) is 3.81. The minimum absolute atomic E-state index is 0.0865. The number of amides is 1. The predicted octanol–water partition coefficient (Wildman–Crippen LogP) is 0.615. The van der Waals surface area contributed by atoms with Crippen molar-refractivity contribution in [1.82, 2.24) is 10.3 Å². The molecule has 1 fully saturated rings. The van der Waals surface area contributed by atoms with E-state index in [2.05, 4.69) is 10.3 Å². The minimum Gasteiger partial charge on any atom is -0.363 e. The summed E-state index contributed by atoms with van der Waals surface area (Å²) in [5, 5.41) is 2.88. The van der Waals surface area contributed by atoms with Gasteiger partial charge in [-0.1, -0.05) is 0 Å². The van der Waals surface area contributed by atoms with Gasteiger partial charge < -0.3 is 16.0 Å². The van der Waals surface area contributed by atoms with E-state index in [9.17, 15) is 4.79 Å². The number of pyridine rings is 1. The number of rotatable bonds is 5. The monoisotopic (exact) mass is 248 g/mol. The molecule has 3 N–H and O–H groups in total. The highest BCUT2D eigenvalue weighted by Gasteiger charge is 2.28. The van der Waals surface area contributed by atoms with Crippen LogP contribution in [-0.4, -0.2) is 37.6 Å². The van der Waals surface area contributed by atoms with Crippen LogP contribution in [0.1, 0.15) is 23.2 Å². The lowest BCUT2D eigenvalue weighted by Crippen LogP contribution is -2.38. The zero-order valence-corrected chi connectivity index (χ0v) is 10.9. The molecule has 0 saturated heterocycles. The number of nitrogens with zero attached hydrogens (tertiary/aromatic N) is 2. The maximum atomic E-state index is 12.0. The van der Waals surface area contributed by atoms with Crippen LogP contribution in [0.15, 0.2) is 18.3 Å². The minimum atomic E-state index is -0.0865. The van der Waals surface area contributed by atoms with E-state index in [0.717, 1.165) is 5.82 Å². The number of nitrogens with two attached hydrogens (primary N) is 1. The molecular formula is C13H20N4O. The molecule has 1 heterocycles. The second-order valence-corrected chi connectivity index (χ2v) is 5.01. The first-order valence-corrected chi connectivity index (χ1v) is 6.25. The average molecular weight is 248 g/mol. The summed E-state index contributed by atoms with van der Waals surface area (Å²) >= 11 is 0. The maximum Gasteiger partial charge on any atom is 0.251 e. The van der Waals surface area contributed by atoms with Gasteiger partial charge in [-0.2, -0.15) is 0 Å². The number of carbonyl (C=O) groups is 1. The standard InChI is InChI=1S/C13H20N4O/c1-17(2)12-7-10(5-6-15-12)13(18)16-8-11(14)9-3-4-9/h5-7,9,11H,3-4,8,14H2,1-2H3,(H,16,18). The number of anilines is 1. The van der Waals surface area contributed by atoms with Crippen molar-refractivity contribution in [3.8, 4) is 0 Å². The van der Waals surface area contributed by atoms with Crippen LogP contribution < -0.4 is 16.0 Å². The van der Waals surface area contributed by atoms with Gasteiger partial charge in [-0.15, -0.1) is 0 Å². The number of aromatic nitrogens is 1. The van der Waals surface area contributed by atoms with Gasteiger partial charge in [-0.05, 0) is 30.9 Å². The Morgan fingerprint density at radius 3 is 2.94 bits per heavy atom. The molecule has 0 aliphatic heterocycles. The number of nitrogens with one attached hydrogen (secondary N) is 1. The van der Waals surface area contributed by atoms with Crippen molar-refractivity contribution >= 4 is 11.7 Å². The fourth-order valence-electron chi connectivity index (χ4n) is 1.81. The first-order chi connectivity index (χ1) is 8.58. The summed E-state index contributed by atoms with van der Waals surface area (Å²) in [6, 6.07) is 3.58. The van der Waals surface area contributed by atoms with E-state index < -0.39 is 0 Å². The molecule has 0 bridgehead atoms. The lowest BCUT2D eigenvalue weighted by atomic mass is 10.2. The molecule has 0 radical (unpaired) electrons. The van der Waals surface area contributed by atoms with E-state index in [4.69, 9.17) is 5.73 Å². The SMILES string of the molecule is CN(C)c1cc(C(=O)NCC(N)C2CC2)ccn1. The van der Waals surface area contributed by atoms with Gasteiger partial charge >= 0.3 is 0 Å². The Hall–Kier alpha value is -1.62. The molecule has 1 aliphatic carbocycles. The summed E-state index contributed by atoms with van der Waals surface area (Å²) in [6.45, 7) is 0.545. The Bertz CT molecular complexity index is 429.